The third kappa shape index (κ3) is 4.73. The summed E-state index contributed by atoms with van der Waals surface area (Å²) in [6.45, 7) is 5.53. The monoisotopic (exact) mass is 396 g/mol. The van der Waals surface area contributed by atoms with Crippen LogP contribution in [0.3, 0.4) is 0 Å². The van der Waals surface area contributed by atoms with E-state index in [4.69, 9.17) is 9.47 Å². The second-order valence-electron chi connectivity index (χ2n) is 7.44. The van der Waals surface area contributed by atoms with Crippen molar-refractivity contribution in [3.8, 4) is 11.5 Å². The quantitative estimate of drug-likeness (QED) is 0.708. The second kappa shape index (κ2) is 9.79. The Bertz CT molecular complexity index is 828. The lowest BCUT2D eigenvalue weighted by molar-refractivity contribution is -0.117. The van der Waals surface area contributed by atoms with E-state index in [0.29, 0.717) is 6.54 Å². The van der Waals surface area contributed by atoms with Gasteiger partial charge in [0, 0.05) is 23.4 Å². The Balaban J connectivity index is 1.76. The van der Waals surface area contributed by atoms with Gasteiger partial charge in [-0.05, 0) is 49.4 Å². The molecule has 0 unspecified atom stereocenters. The highest BCUT2D eigenvalue weighted by Gasteiger charge is 2.30. The SMILES string of the molecule is CCc1cccc(CC)c1NC(=O)CN1CCC[C@@H]1c1ccc(OC)cc1OC. The normalized spacial score (nSPS) is 16.6. The van der Waals surface area contributed by atoms with Crippen LogP contribution in [0.25, 0.3) is 0 Å². The molecule has 0 spiro atoms. The van der Waals surface area contributed by atoms with Crippen LogP contribution in [-0.2, 0) is 17.6 Å². The molecular weight excluding hydrogens is 364 g/mol. The maximum atomic E-state index is 12.9. The van der Waals surface area contributed by atoms with Gasteiger partial charge in [-0.15, -0.1) is 0 Å². The average Bonchev–Trinajstić information content (AvgIpc) is 3.20. The van der Waals surface area contributed by atoms with Gasteiger partial charge in [-0.1, -0.05) is 38.1 Å². The first kappa shape index (κ1) is 21.2. The summed E-state index contributed by atoms with van der Waals surface area (Å²) in [6.07, 6.45) is 3.89. The fourth-order valence-electron chi connectivity index (χ4n) is 4.23. The lowest BCUT2D eigenvalue weighted by Crippen LogP contribution is -2.33. The predicted octanol–water partition coefficient (Wildman–Crippen LogP) is 4.60. The highest BCUT2D eigenvalue weighted by atomic mass is 16.5. The smallest absolute Gasteiger partial charge is 0.238 e. The number of ether oxygens (including phenoxy) is 2. The maximum absolute atomic E-state index is 12.9. The number of carbonyl (C=O) groups is 1. The van der Waals surface area contributed by atoms with Crippen LogP contribution >= 0.6 is 0 Å². The molecule has 29 heavy (non-hydrogen) atoms. The molecule has 5 nitrogen and oxygen atoms in total. The molecule has 2 aromatic carbocycles. The van der Waals surface area contributed by atoms with Gasteiger partial charge in [0.2, 0.25) is 5.91 Å². The number of anilines is 1. The minimum Gasteiger partial charge on any atom is -0.497 e. The summed E-state index contributed by atoms with van der Waals surface area (Å²) in [6, 6.07) is 12.4. The zero-order chi connectivity index (χ0) is 20.8. The van der Waals surface area contributed by atoms with Crippen LogP contribution in [0, 0.1) is 0 Å². The number of benzene rings is 2. The van der Waals surface area contributed by atoms with E-state index in [-0.39, 0.29) is 11.9 Å². The molecule has 0 aliphatic carbocycles. The molecule has 3 rings (SSSR count). The van der Waals surface area contributed by atoms with E-state index in [2.05, 4.69) is 48.3 Å². The zero-order valence-corrected chi connectivity index (χ0v) is 18.0. The van der Waals surface area contributed by atoms with Gasteiger partial charge < -0.3 is 14.8 Å². The molecule has 1 aliphatic rings. The Labute approximate surface area is 174 Å². The molecule has 0 saturated carbocycles. The van der Waals surface area contributed by atoms with Crippen molar-refractivity contribution in [1.82, 2.24) is 4.90 Å². The van der Waals surface area contributed by atoms with Crippen molar-refractivity contribution in [2.75, 3.05) is 32.6 Å². The molecule has 0 aromatic heterocycles. The molecule has 0 bridgehead atoms. The zero-order valence-electron chi connectivity index (χ0n) is 18.0. The number of likely N-dealkylation sites (tertiary alicyclic amines) is 1. The third-order valence-corrected chi connectivity index (χ3v) is 5.77. The number of hydrogen-bond acceptors (Lipinski definition) is 4. The molecule has 156 valence electrons. The van der Waals surface area contributed by atoms with E-state index in [1.54, 1.807) is 14.2 Å². The van der Waals surface area contributed by atoms with Crippen molar-refractivity contribution in [1.29, 1.82) is 0 Å². The topological polar surface area (TPSA) is 50.8 Å². The summed E-state index contributed by atoms with van der Waals surface area (Å²) in [5.41, 5.74) is 4.47. The van der Waals surface area contributed by atoms with E-state index in [1.165, 1.54) is 11.1 Å². The third-order valence-electron chi connectivity index (χ3n) is 5.77. The first-order valence-corrected chi connectivity index (χ1v) is 10.5. The first-order chi connectivity index (χ1) is 14.1. The number of nitrogens with zero attached hydrogens (tertiary/aromatic N) is 1. The standard InChI is InChI=1S/C24H32N2O3/c1-5-17-9-7-10-18(6-2)24(17)25-23(27)16-26-14-8-11-21(26)20-13-12-19(28-3)15-22(20)29-4/h7,9-10,12-13,15,21H,5-6,8,11,14,16H2,1-4H3,(H,25,27)/t21-/m1/s1. The van der Waals surface area contributed by atoms with Crippen LogP contribution in [-0.4, -0.2) is 38.1 Å². The molecule has 2 aromatic rings. The van der Waals surface area contributed by atoms with Crippen molar-refractivity contribution >= 4 is 11.6 Å². The van der Waals surface area contributed by atoms with Crippen molar-refractivity contribution in [2.24, 2.45) is 0 Å². The largest absolute Gasteiger partial charge is 0.497 e. The van der Waals surface area contributed by atoms with Gasteiger partial charge in [0.05, 0.1) is 20.8 Å². The minimum atomic E-state index is 0.0416. The molecule has 0 radical (unpaired) electrons. The number of amides is 1. The predicted molar refractivity (Wildman–Crippen MR) is 117 cm³/mol. The average molecular weight is 397 g/mol. The van der Waals surface area contributed by atoms with Crippen molar-refractivity contribution in [2.45, 2.75) is 45.6 Å². The summed E-state index contributed by atoms with van der Waals surface area (Å²) < 4.78 is 10.9. The molecule has 1 atom stereocenters. The van der Waals surface area contributed by atoms with Gasteiger partial charge in [-0.3, -0.25) is 9.69 Å². The summed E-state index contributed by atoms with van der Waals surface area (Å²) in [5, 5.41) is 3.19. The number of para-hydroxylation sites is 1. The van der Waals surface area contributed by atoms with Crippen LogP contribution in [0.5, 0.6) is 11.5 Å². The number of carbonyl (C=O) groups excluding carboxylic acids is 1. The van der Waals surface area contributed by atoms with Gasteiger partial charge in [0.15, 0.2) is 0 Å². The number of methoxy groups -OCH3 is 2. The Morgan fingerprint density at radius 3 is 2.45 bits per heavy atom. The fraction of sp³-hybridized carbons (Fsp3) is 0.458. The van der Waals surface area contributed by atoms with Crippen LogP contribution in [0.15, 0.2) is 36.4 Å². The number of rotatable bonds is 8. The Hall–Kier alpha value is -2.53. The lowest BCUT2D eigenvalue weighted by atomic mass is 10.0. The van der Waals surface area contributed by atoms with E-state index in [1.807, 2.05) is 12.1 Å². The number of hydrogen-bond donors (Lipinski definition) is 1. The maximum Gasteiger partial charge on any atom is 0.238 e. The molecule has 1 N–H and O–H groups in total. The second-order valence-corrected chi connectivity index (χ2v) is 7.44. The molecule has 1 aliphatic heterocycles. The van der Waals surface area contributed by atoms with Gasteiger partial charge in [0.1, 0.15) is 11.5 Å². The van der Waals surface area contributed by atoms with Crippen LogP contribution in [0.1, 0.15) is 49.4 Å². The van der Waals surface area contributed by atoms with Crippen molar-refractivity contribution < 1.29 is 14.3 Å². The van der Waals surface area contributed by atoms with E-state index >= 15 is 0 Å². The van der Waals surface area contributed by atoms with E-state index in [9.17, 15) is 4.79 Å². The van der Waals surface area contributed by atoms with Gasteiger partial charge in [-0.25, -0.2) is 0 Å². The molecule has 5 heteroatoms. The number of aryl methyl sites for hydroxylation is 2. The van der Waals surface area contributed by atoms with Crippen LogP contribution < -0.4 is 14.8 Å². The summed E-state index contributed by atoms with van der Waals surface area (Å²) in [5.74, 6) is 1.63. The summed E-state index contributed by atoms with van der Waals surface area (Å²) in [7, 11) is 3.33. The van der Waals surface area contributed by atoms with Crippen molar-refractivity contribution in [3.63, 3.8) is 0 Å². The Kier molecular flexibility index (Phi) is 7.15. The first-order valence-electron chi connectivity index (χ1n) is 10.5. The van der Waals surface area contributed by atoms with Gasteiger partial charge in [-0.2, -0.15) is 0 Å². The fourth-order valence-corrected chi connectivity index (χ4v) is 4.23. The van der Waals surface area contributed by atoms with E-state index in [0.717, 1.165) is 55.0 Å². The molecule has 1 fully saturated rings. The minimum absolute atomic E-state index is 0.0416. The van der Waals surface area contributed by atoms with Crippen LogP contribution in [0.4, 0.5) is 5.69 Å². The molecule has 1 heterocycles. The van der Waals surface area contributed by atoms with Crippen molar-refractivity contribution in [3.05, 3.63) is 53.1 Å². The summed E-state index contributed by atoms with van der Waals surface area (Å²) in [4.78, 5) is 15.2. The highest BCUT2D eigenvalue weighted by Crippen LogP contribution is 2.38. The number of nitrogens with one attached hydrogen (secondary N) is 1. The van der Waals surface area contributed by atoms with Crippen LogP contribution in [0.2, 0.25) is 0 Å². The van der Waals surface area contributed by atoms with Gasteiger partial charge in [0.25, 0.3) is 0 Å². The molecule has 1 amide bonds. The lowest BCUT2D eigenvalue weighted by Gasteiger charge is -2.26. The van der Waals surface area contributed by atoms with Gasteiger partial charge >= 0.3 is 0 Å². The summed E-state index contributed by atoms with van der Waals surface area (Å²) >= 11 is 0. The highest BCUT2D eigenvalue weighted by molar-refractivity contribution is 5.94. The molecular formula is C24H32N2O3. The van der Waals surface area contributed by atoms with E-state index < -0.39 is 0 Å². The Morgan fingerprint density at radius 2 is 1.83 bits per heavy atom. The molecule has 1 saturated heterocycles. The Morgan fingerprint density at radius 1 is 1.10 bits per heavy atom.